The van der Waals surface area contributed by atoms with Crippen LogP contribution in [0.1, 0.15) is 30.5 Å². The number of alkyl halides is 3. The molecule has 1 atom stereocenters. The molecule has 1 unspecified atom stereocenters. The number of carbonyl (C=O) groups excluding carboxylic acids is 1. The molecule has 0 amide bonds. The molecule has 0 saturated carbocycles. The van der Waals surface area contributed by atoms with Gasteiger partial charge in [-0.3, -0.25) is 4.79 Å². The Balaban J connectivity index is 2.80. The number of hydrogen-bond donors (Lipinski definition) is 1. The Labute approximate surface area is 103 Å². The van der Waals surface area contributed by atoms with Crippen LogP contribution in [0.5, 0.6) is 0 Å². The van der Waals surface area contributed by atoms with Crippen LogP contribution >= 0.6 is 0 Å². The molecule has 3 nitrogen and oxygen atoms in total. The zero-order valence-electron chi connectivity index (χ0n) is 9.83. The van der Waals surface area contributed by atoms with Crippen LogP contribution < -0.4 is 5.73 Å². The molecule has 1 rings (SSSR count). The Bertz CT molecular complexity index is 418. The summed E-state index contributed by atoms with van der Waals surface area (Å²) in [5, 5.41) is 0. The van der Waals surface area contributed by atoms with Crippen molar-refractivity contribution in [1.29, 1.82) is 0 Å². The minimum atomic E-state index is -4.42. The van der Waals surface area contributed by atoms with Crippen LogP contribution in [0.4, 0.5) is 13.2 Å². The fraction of sp³-hybridized carbons (Fsp3) is 0.417. The third-order valence-corrected chi connectivity index (χ3v) is 2.33. The molecule has 0 aliphatic carbocycles. The summed E-state index contributed by atoms with van der Waals surface area (Å²) in [6.07, 6.45) is -4.56. The lowest BCUT2D eigenvalue weighted by molar-refractivity contribution is -0.143. The first kappa shape index (κ1) is 14.5. The summed E-state index contributed by atoms with van der Waals surface area (Å²) in [5.41, 5.74) is 5.15. The summed E-state index contributed by atoms with van der Waals surface area (Å²) in [6.45, 7) is 1.86. The number of ether oxygens (including phenoxy) is 1. The molecule has 2 N–H and O–H groups in total. The van der Waals surface area contributed by atoms with Gasteiger partial charge in [-0.05, 0) is 24.6 Å². The van der Waals surface area contributed by atoms with Crippen molar-refractivity contribution < 1.29 is 22.7 Å². The van der Waals surface area contributed by atoms with Crippen molar-refractivity contribution in [2.75, 3.05) is 6.61 Å². The van der Waals surface area contributed by atoms with E-state index in [1.807, 2.05) is 0 Å². The van der Waals surface area contributed by atoms with Gasteiger partial charge in [-0.2, -0.15) is 13.2 Å². The standard InChI is InChI=1S/C12H14F3NO2/c1-2-18-11(17)7-10(16)8-4-3-5-9(6-8)12(13,14)15/h3-6,10H,2,7,16H2,1H3. The predicted octanol–water partition coefficient (Wildman–Crippen LogP) is 2.66. The molecule has 0 spiro atoms. The number of carbonyl (C=O) groups is 1. The molecule has 100 valence electrons. The van der Waals surface area contributed by atoms with Gasteiger partial charge < -0.3 is 10.5 Å². The van der Waals surface area contributed by atoms with E-state index in [-0.39, 0.29) is 18.6 Å². The third kappa shape index (κ3) is 4.03. The quantitative estimate of drug-likeness (QED) is 0.848. The first-order chi connectivity index (χ1) is 8.34. The van der Waals surface area contributed by atoms with Gasteiger partial charge in [0.15, 0.2) is 0 Å². The molecule has 6 heteroatoms. The van der Waals surface area contributed by atoms with Crippen molar-refractivity contribution in [2.45, 2.75) is 25.6 Å². The van der Waals surface area contributed by atoms with Gasteiger partial charge in [0.25, 0.3) is 0 Å². The fourth-order valence-electron chi connectivity index (χ4n) is 1.46. The molecule has 0 radical (unpaired) electrons. The molecule has 0 fully saturated rings. The zero-order valence-corrected chi connectivity index (χ0v) is 9.83. The fourth-order valence-corrected chi connectivity index (χ4v) is 1.46. The normalized spacial score (nSPS) is 13.2. The van der Waals surface area contributed by atoms with E-state index in [1.54, 1.807) is 6.92 Å². The highest BCUT2D eigenvalue weighted by molar-refractivity contribution is 5.70. The van der Waals surface area contributed by atoms with E-state index < -0.39 is 23.8 Å². The number of rotatable bonds is 4. The monoisotopic (exact) mass is 261 g/mol. The number of nitrogens with two attached hydrogens (primary N) is 1. The molecule has 1 aromatic rings. The van der Waals surface area contributed by atoms with Crippen LogP contribution in [-0.2, 0) is 15.7 Å². The van der Waals surface area contributed by atoms with Gasteiger partial charge in [0.1, 0.15) is 0 Å². The minimum absolute atomic E-state index is 0.144. The van der Waals surface area contributed by atoms with Crippen molar-refractivity contribution in [1.82, 2.24) is 0 Å². The Morgan fingerprint density at radius 1 is 1.44 bits per heavy atom. The predicted molar refractivity (Wildman–Crippen MR) is 59.6 cm³/mol. The molecule has 1 aromatic carbocycles. The maximum absolute atomic E-state index is 12.5. The van der Waals surface area contributed by atoms with E-state index in [9.17, 15) is 18.0 Å². The zero-order chi connectivity index (χ0) is 13.8. The second kappa shape index (κ2) is 5.86. The lowest BCUT2D eigenvalue weighted by Gasteiger charge is -2.13. The van der Waals surface area contributed by atoms with Gasteiger partial charge in [-0.15, -0.1) is 0 Å². The average molecular weight is 261 g/mol. The molecular formula is C12H14F3NO2. The lowest BCUT2D eigenvalue weighted by atomic mass is 10.0. The highest BCUT2D eigenvalue weighted by Crippen LogP contribution is 2.30. The lowest BCUT2D eigenvalue weighted by Crippen LogP contribution is -2.18. The van der Waals surface area contributed by atoms with E-state index >= 15 is 0 Å². The average Bonchev–Trinajstić information content (AvgIpc) is 2.28. The van der Waals surface area contributed by atoms with Gasteiger partial charge in [-0.25, -0.2) is 0 Å². The molecule has 18 heavy (non-hydrogen) atoms. The summed E-state index contributed by atoms with van der Waals surface area (Å²) in [5.74, 6) is -0.526. The van der Waals surface area contributed by atoms with Gasteiger partial charge in [0.05, 0.1) is 18.6 Å². The molecule has 0 heterocycles. The summed E-state index contributed by atoms with van der Waals surface area (Å²) < 4.78 is 42.1. The number of benzene rings is 1. The van der Waals surface area contributed by atoms with Crippen LogP contribution in [0.2, 0.25) is 0 Å². The van der Waals surface area contributed by atoms with Crippen LogP contribution in [0, 0.1) is 0 Å². The number of hydrogen-bond acceptors (Lipinski definition) is 3. The third-order valence-electron chi connectivity index (χ3n) is 2.33. The Morgan fingerprint density at radius 2 is 2.11 bits per heavy atom. The maximum Gasteiger partial charge on any atom is 0.416 e. The summed E-state index contributed by atoms with van der Waals surface area (Å²) in [7, 11) is 0. The molecule has 0 bridgehead atoms. The van der Waals surface area contributed by atoms with Gasteiger partial charge >= 0.3 is 12.1 Å². The topological polar surface area (TPSA) is 52.3 Å². The highest BCUT2D eigenvalue weighted by atomic mass is 19.4. The smallest absolute Gasteiger partial charge is 0.416 e. The van der Waals surface area contributed by atoms with Crippen LogP contribution in [-0.4, -0.2) is 12.6 Å². The van der Waals surface area contributed by atoms with E-state index in [1.165, 1.54) is 12.1 Å². The van der Waals surface area contributed by atoms with Crippen LogP contribution in [0.15, 0.2) is 24.3 Å². The number of halogens is 3. The largest absolute Gasteiger partial charge is 0.466 e. The van der Waals surface area contributed by atoms with E-state index in [0.717, 1.165) is 12.1 Å². The first-order valence-electron chi connectivity index (χ1n) is 5.43. The second-order valence-corrected chi connectivity index (χ2v) is 3.74. The molecular weight excluding hydrogens is 247 g/mol. The van der Waals surface area contributed by atoms with Crippen LogP contribution in [0.3, 0.4) is 0 Å². The SMILES string of the molecule is CCOC(=O)CC(N)c1cccc(C(F)(F)F)c1. The molecule has 0 aliphatic heterocycles. The molecule has 0 saturated heterocycles. The summed E-state index contributed by atoms with van der Waals surface area (Å²) in [6, 6.07) is 3.83. The van der Waals surface area contributed by atoms with E-state index in [0.29, 0.717) is 0 Å². The van der Waals surface area contributed by atoms with Gasteiger partial charge in [0, 0.05) is 6.04 Å². The molecule has 0 aromatic heterocycles. The Morgan fingerprint density at radius 3 is 2.67 bits per heavy atom. The van der Waals surface area contributed by atoms with Crippen molar-refractivity contribution in [3.63, 3.8) is 0 Å². The summed E-state index contributed by atoms with van der Waals surface area (Å²) in [4.78, 5) is 11.2. The van der Waals surface area contributed by atoms with Crippen molar-refractivity contribution in [3.05, 3.63) is 35.4 Å². The maximum atomic E-state index is 12.5. The van der Waals surface area contributed by atoms with Gasteiger partial charge in [0.2, 0.25) is 0 Å². The van der Waals surface area contributed by atoms with Crippen molar-refractivity contribution in [3.8, 4) is 0 Å². The number of esters is 1. The Kier molecular flexibility index (Phi) is 4.72. The van der Waals surface area contributed by atoms with Gasteiger partial charge in [-0.1, -0.05) is 12.1 Å². The first-order valence-corrected chi connectivity index (χ1v) is 5.43. The highest BCUT2D eigenvalue weighted by Gasteiger charge is 2.30. The van der Waals surface area contributed by atoms with Crippen molar-refractivity contribution in [2.24, 2.45) is 5.73 Å². The second-order valence-electron chi connectivity index (χ2n) is 3.74. The van der Waals surface area contributed by atoms with E-state index in [4.69, 9.17) is 10.5 Å². The van der Waals surface area contributed by atoms with E-state index in [2.05, 4.69) is 0 Å². The summed E-state index contributed by atoms with van der Waals surface area (Å²) >= 11 is 0. The Hall–Kier alpha value is -1.56. The minimum Gasteiger partial charge on any atom is -0.466 e. The molecule has 0 aliphatic rings. The van der Waals surface area contributed by atoms with Crippen molar-refractivity contribution >= 4 is 5.97 Å². The van der Waals surface area contributed by atoms with Crippen LogP contribution in [0.25, 0.3) is 0 Å².